The van der Waals surface area contributed by atoms with E-state index in [0.717, 1.165) is 22.0 Å². The summed E-state index contributed by atoms with van der Waals surface area (Å²) in [5.41, 5.74) is 2.03. The minimum atomic E-state index is -0.0742. The third-order valence-corrected chi connectivity index (χ3v) is 4.18. The van der Waals surface area contributed by atoms with E-state index >= 15 is 0 Å². The first kappa shape index (κ1) is 15.9. The molecule has 110 valence electrons. The Balaban J connectivity index is 1.73. The van der Waals surface area contributed by atoms with Crippen LogP contribution >= 0.6 is 23.4 Å². The molecule has 1 aromatic carbocycles. The number of thioether (sulfide) groups is 1. The zero-order chi connectivity index (χ0) is 15.1. The second-order valence-electron chi connectivity index (χ2n) is 4.66. The molecule has 0 aliphatic rings. The van der Waals surface area contributed by atoms with Gasteiger partial charge in [0.1, 0.15) is 0 Å². The van der Waals surface area contributed by atoms with Crippen molar-refractivity contribution in [2.75, 3.05) is 5.75 Å². The van der Waals surface area contributed by atoms with Crippen LogP contribution in [0.4, 0.5) is 0 Å². The van der Waals surface area contributed by atoms with Crippen molar-refractivity contribution in [1.82, 2.24) is 10.3 Å². The molecule has 2 aromatic rings. The highest BCUT2D eigenvalue weighted by molar-refractivity contribution is 7.99. The fraction of sp³-hybridized carbons (Fsp3) is 0.250. The number of amides is 1. The molecule has 0 saturated heterocycles. The van der Waals surface area contributed by atoms with Gasteiger partial charge in [0.05, 0.1) is 17.5 Å². The number of hydrogen-bond donors (Lipinski definition) is 1. The fourth-order valence-corrected chi connectivity index (χ4v) is 2.76. The Kier molecular flexibility index (Phi) is 6.08. The number of benzene rings is 1. The monoisotopic (exact) mass is 320 g/mol. The molecular weight excluding hydrogens is 304 g/mol. The summed E-state index contributed by atoms with van der Waals surface area (Å²) in [7, 11) is 0. The number of nitrogens with one attached hydrogen (secondary N) is 1. The van der Waals surface area contributed by atoms with Gasteiger partial charge in [-0.25, -0.2) is 0 Å². The highest BCUT2D eigenvalue weighted by atomic mass is 35.5. The summed E-state index contributed by atoms with van der Waals surface area (Å²) in [5.74, 6) is 1.25. The Bertz CT molecular complexity index is 575. The second kappa shape index (κ2) is 8.05. The topological polar surface area (TPSA) is 42.0 Å². The Hall–Kier alpha value is -1.52. The maximum atomic E-state index is 11.9. The van der Waals surface area contributed by atoms with Crippen LogP contribution in [0.2, 0.25) is 5.02 Å². The summed E-state index contributed by atoms with van der Waals surface area (Å²) in [6.45, 7) is 1.93. The van der Waals surface area contributed by atoms with Crippen molar-refractivity contribution < 1.29 is 4.79 Å². The van der Waals surface area contributed by atoms with Crippen LogP contribution in [-0.4, -0.2) is 16.6 Å². The average Bonchev–Trinajstić information content (AvgIpc) is 2.50. The summed E-state index contributed by atoms with van der Waals surface area (Å²) in [6, 6.07) is 13.3. The third-order valence-electron chi connectivity index (χ3n) is 2.92. The lowest BCUT2D eigenvalue weighted by Gasteiger charge is -2.13. The molecule has 1 atom stereocenters. The number of halogens is 1. The van der Waals surface area contributed by atoms with Gasteiger partial charge in [-0.3, -0.25) is 9.78 Å². The number of rotatable bonds is 6. The van der Waals surface area contributed by atoms with Crippen LogP contribution in [0.1, 0.15) is 24.2 Å². The molecule has 0 aliphatic carbocycles. The van der Waals surface area contributed by atoms with Gasteiger partial charge in [-0.05, 0) is 36.8 Å². The van der Waals surface area contributed by atoms with Crippen LogP contribution in [0, 0.1) is 0 Å². The molecule has 0 spiro atoms. The van der Waals surface area contributed by atoms with Gasteiger partial charge in [-0.1, -0.05) is 29.8 Å². The van der Waals surface area contributed by atoms with Crippen molar-refractivity contribution in [1.29, 1.82) is 0 Å². The maximum absolute atomic E-state index is 11.9. The molecule has 0 saturated carbocycles. The minimum absolute atomic E-state index is 0.0205. The molecule has 2 rings (SSSR count). The Morgan fingerprint density at radius 3 is 2.71 bits per heavy atom. The molecule has 0 fully saturated rings. The lowest BCUT2D eigenvalue weighted by Crippen LogP contribution is -2.28. The second-order valence-corrected chi connectivity index (χ2v) is 6.09. The van der Waals surface area contributed by atoms with E-state index in [-0.39, 0.29) is 11.9 Å². The van der Waals surface area contributed by atoms with Crippen LogP contribution in [0.25, 0.3) is 0 Å². The number of nitrogens with zero attached hydrogens (tertiary/aromatic N) is 1. The van der Waals surface area contributed by atoms with E-state index in [0.29, 0.717) is 5.75 Å². The zero-order valence-corrected chi connectivity index (χ0v) is 13.3. The van der Waals surface area contributed by atoms with Crippen molar-refractivity contribution in [2.24, 2.45) is 0 Å². The van der Waals surface area contributed by atoms with Crippen molar-refractivity contribution in [3.8, 4) is 0 Å². The molecule has 1 amide bonds. The van der Waals surface area contributed by atoms with E-state index < -0.39 is 0 Å². The Morgan fingerprint density at radius 1 is 1.29 bits per heavy atom. The molecule has 0 bridgehead atoms. The highest BCUT2D eigenvalue weighted by Gasteiger charge is 2.10. The minimum Gasteiger partial charge on any atom is -0.347 e. The van der Waals surface area contributed by atoms with Crippen molar-refractivity contribution >= 4 is 29.3 Å². The first-order chi connectivity index (χ1) is 10.1. The van der Waals surface area contributed by atoms with E-state index in [1.165, 1.54) is 0 Å². The molecule has 1 aromatic heterocycles. The van der Waals surface area contributed by atoms with Crippen LogP contribution in [0.3, 0.4) is 0 Å². The first-order valence-electron chi connectivity index (χ1n) is 6.67. The molecule has 1 N–H and O–H groups in total. The summed E-state index contributed by atoms with van der Waals surface area (Å²) in [4.78, 5) is 16.1. The fourth-order valence-electron chi connectivity index (χ4n) is 1.83. The van der Waals surface area contributed by atoms with Gasteiger partial charge in [0.25, 0.3) is 0 Å². The van der Waals surface area contributed by atoms with E-state index in [2.05, 4.69) is 10.3 Å². The Labute approximate surface area is 134 Å². The van der Waals surface area contributed by atoms with Crippen molar-refractivity contribution in [2.45, 2.75) is 18.7 Å². The molecule has 3 nitrogen and oxygen atoms in total. The number of hydrogen-bond acceptors (Lipinski definition) is 3. The maximum Gasteiger partial charge on any atom is 0.230 e. The quantitative estimate of drug-likeness (QED) is 0.879. The van der Waals surface area contributed by atoms with Crippen molar-refractivity contribution in [3.63, 3.8) is 0 Å². The largest absolute Gasteiger partial charge is 0.347 e. The van der Waals surface area contributed by atoms with E-state index in [1.54, 1.807) is 18.0 Å². The molecule has 5 heteroatoms. The molecule has 1 unspecified atom stereocenters. The molecule has 0 radical (unpaired) electrons. The number of aromatic nitrogens is 1. The Morgan fingerprint density at radius 2 is 2.05 bits per heavy atom. The summed E-state index contributed by atoms with van der Waals surface area (Å²) in [5, 5.41) is 3.68. The predicted octanol–water partition coefficient (Wildman–Crippen LogP) is 3.85. The number of pyridine rings is 1. The summed E-state index contributed by atoms with van der Waals surface area (Å²) < 4.78 is 0. The van der Waals surface area contributed by atoms with Crippen LogP contribution in [-0.2, 0) is 10.5 Å². The average molecular weight is 321 g/mol. The van der Waals surface area contributed by atoms with Crippen LogP contribution in [0.15, 0.2) is 48.7 Å². The third kappa shape index (κ3) is 5.40. The smallest absolute Gasteiger partial charge is 0.230 e. The lowest BCUT2D eigenvalue weighted by molar-refractivity contribution is -0.119. The molecule has 0 aliphatic heterocycles. The van der Waals surface area contributed by atoms with E-state index in [9.17, 15) is 4.79 Å². The predicted molar refractivity (Wildman–Crippen MR) is 88.4 cm³/mol. The highest BCUT2D eigenvalue weighted by Crippen LogP contribution is 2.16. The van der Waals surface area contributed by atoms with Crippen LogP contribution in [0.5, 0.6) is 0 Å². The molecule has 21 heavy (non-hydrogen) atoms. The summed E-state index contributed by atoms with van der Waals surface area (Å²) >= 11 is 7.42. The first-order valence-corrected chi connectivity index (χ1v) is 8.21. The molecular formula is C16H17ClN2OS. The summed E-state index contributed by atoms with van der Waals surface area (Å²) in [6.07, 6.45) is 1.73. The SMILES string of the molecule is CC(NC(=O)CSCc1ccc(Cl)cc1)c1ccccn1. The van der Waals surface area contributed by atoms with Gasteiger partial charge in [0, 0.05) is 17.0 Å². The van der Waals surface area contributed by atoms with E-state index in [4.69, 9.17) is 11.6 Å². The zero-order valence-electron chi connectivity index (χ0n) is 11.8. The lowest BCUT2D eigenvalue weighted by atomic mass is 10.2. The molecule has 1 heterocycles. The van der Waals surface area contributed by atoms with Gasteiger partial charge in [-0.15, -0.1) is 11.8 Å². The standard InChI is InChI=1S/C16H17ClN2OS/c1-12(15-4-2-3-9-18-15)19-16(20)11-21-10-13-5-7-14(17)8-6-13/h2-9,12H,10-11H2,1H3,(H,19,20). The van der Waals surface area contributed by atoms with Gasteiger partial charge in [0.2, 0.25) is 5.91 Å². The van der Waals surface area contributed by atoms with Gasteiger partial charge < -0.3 is 5.32 Å². The van der Waals surface area contributed by atoms with Crippen LogP contribution < -0.4 is 5.32 Å². The normalized spacial score (nSPS) is 11.9. The van der Waals surface area contributed by atoms with Crippen molar-refractivity contribution in [3.05, 3.63) is 64.9 Å². The van der Waals surface area contributed by atoms with Gasteiger partial charge >= 0.3 is 0 Å². The van der Waals surface area contributed by atoms with Gasteiger partial charge in [-0.2, -0.15) is 0 Å². The van der Waals surface area contributed by atoms with Gasteiger partial charge in [0.15, 0.2) is 0 Å². The number of carbonyl (C=O) groups excluding carboxylic acids is 1. The number of carbonyl (C=O) groups is 1. The van der Waals surface area contributed by atoms with E-state index in [1.807, 2.05) is 49.4 Å².